The third-order valence-corrected chi connectivity index (χ3v) is 22.6. The average molecular weight is 1920 g/mol. The smallest absolute Gasteiger partial charge is 0.134 e. The van der Waals surface area contributed by atoms with Gasteiger partial charge in [0.05, 0.1) is 79.3 Å². The minimum atomic E-state index is -0.494. The lowest BCUT2D eigenvalue weighted by Crippen LogP contribution is -2.07. The summed E-state index contributed by atoms with van der Waals surface area (Å²) in [5, 5.41) is 0. The second-order valence-corrected chi connectivity index (χ2v) is 34.6. The predicted octanol–water partition coefficient (Wildman–Crippen LogP) is 22.9. The number of ether oxygens (including phenoxy) is 12. The minimum Gasteiger partial charge on any atom is -0.493 e. The molecule has 0 radical (unpaired) electrons. The van der Waals surface area contributed by atoms with E-state index in [2.05, 4.69) is 95.3 Å². The standard InChI is InChI=1S/C39H49F2N3O4.C39H51N3O4.C37H45F2N3O4/c1-4-5-12-45-32-18-30(19-33(24-32)46-13-6-9-42)28-16-26(2)38(40)36(22-28)37-23-29(17-27(3)39(37)41)31-20-34(47-14-7-10-43)25-35(21-31)48-15-8-11-44;1-4-5-12-43-36-22-34(23-37(26-36)44-13-6-9-40)32-18-28(2)16-30(20-32)31-17-29(3)19-33(21-31)35-24-38(45-14-7-10-41)27-39(25-35)46-15-8-11-42;1-2-3-10-43-34-20-30(21-35(24-34)44-11-4-7-40)28-14-26(16-32(38)18-28)27-15-29(19-33(39)17-27)31-22-36(45-12-5-8-41)25-37(23-31)46-13-6-9-42/h16-25H,4-15,42-44H2,1-3H3;16-27H,4-15,40-42H2,1-3H3;14-25H,2-13,40-42H2,1H3. The fraction of sp³-hybridized carbons (Fsp3) is 0.374. The Hall–Kier alpha value is -12.4. The van der Waals surface area contributed by atoms with Crippen molar-refractivity contribution >= 4 is 0 Å². The molecule has 25 heteroatoms. The van der Waals surface area contributed by atoms with Crippen molar-refractivity contribution in [3.8, 4) is 169 Å². The van der Waals surface area contributed by atoms with E-state index in [4.69, 9.17) is 108 Å². The van der Waals surface area contributed by atoms with Crippen LogP contribution in [0.1, 0.15) is 139 Å². The van der Waals surface area contributed by atoms with Gasteiger partial charge in [0.2, 0.25) is 0 Å². The van der Waals surface area contributed by atoms with Crippen LogP contribution in [0, 0.1) is 51.0 Å². The summed E-state index contributed by atoms with van der Waals surface area (Å²) in [4.78, 5) is 0. The molecule has 0 unspecified atom stereocenters. The van der Waals surface area contributed by atoms with Crippen LogP contribution in [0.5, 0.6) is 69.0 Å². The number of halogens is 4. The van der Waals surface area contributed by atoms with E-state index >= 15 is 17.6 Å². The van der Waals surface area contributed by atoms with Gasteiger partial charge in [-0.25, -0.2) is 17.6 Å². The van der Waals surface area contributed by atoms with Crippen molar-refractivity contribution in [1.82, 2.24) is 0 Å². The summed E-state index contributed by atoms with van der Waals surface area (Å²) in [5.41, 5.74) is 67.6. The van der Waals surface area contributed by atoms with Crippen molar-refractivity contribution in [1.29, 1.82) is 0 Å². The Morgan fingerprint density at radius 1 is 0.171 bits per heavy atom. The van der Waals surface area contributed by atoms with Crippen LogP contribution in [0.2, 0.25) is 0 Å². The summed E-state index contributed by atoms with van der Waals surface area (Å²) < 4.78 is 134. The molecule has 0 heterocycles. The molecule has 0 spiro atoms. The topological polar surface area (TPSA) is 345 Å². The lowest BCUT2D eigenvalue weighted by Gasteiger charge is -2.17. The Balaban J connectivity index is 0.000000216. The highest BCUT2D eigenvalue weighted by atomic mass is 19.1. The number of aryl methyl sites for hydroxylation is 4. The fourth-order valence-corrected chi connectivity index (χ4v) is 15.2. The maximum absolute atomic E-state index is 16.0. The van der Waals surface area contributed by atoms with Gasteiger partial charge in [-0.15, -0.1) is 0 Å². The molecule has 0 bridgehead atoms. The molecule has 0 saturated carbocycles. The van der Waals surface area contributed by atoms with Gasteiger partial charge < -0.3 is 108 Å². The van der Waals surface area contributed by atoms with Crippen LogP contribution in [0.15, 0.2) is 206 Å². The third kappa shape index (κ3) is 35.1. The molecule has 0 amide bonds. The van der Waals surface area contributed by atoms with Crippen LogP contribution in [-0.4, -0.2) is 138 Å². The second-order valence-electron chi connectivity index (χ2n) is 34.6. The van der Waals surface area contributed by atoms with E-state index in [-0.39, 0.29) is 11.1 Å². The van der Waals surface area contributed by atoms with E-state index in [9.17, 15) is 0 Å². The van der Waals surface area contributed by atoms with Crippen LogP contribution in [0.4, 0.5) is 17.6 Å². The summed E-state index contributed by atoms with van der Waals surface area (Å²) in [6, 6.07) is 64.0. The molecule has 0 fully saturated rings. The van der Waals surface area contributed by atoms with E-state index in [0.717, 1.165) is 136 Å². The molecule has 0 aliphatic carbocycles. The van der Waals surface area contributed by atoms with Gasteiger partial charge in [-0.3, -0.25) is 0 Å². The fourth-order valence-electron chi connectivity index (χ4n) is 15.2. The predicted molar refractivity (Wildman–Crippen MR) is 561 cm³/mol. The molecule has 0 saturated heterocycles. The van der Waals surface area contributed by atoms with Crippen molar-refractivity contribution in [2.45, 2.75) is 145 Å². The Labute approximate surface area is 825 Å². The molecule has 0 aliphatic rings. The SMILES string of the molecule is CCCCOc1cc(OCCCN)cc(-c2cc(C)c(F)c(-c3cc(-c4cc(OCCCN)cc(OCCCN)c4)cc(C)c3F)c2)c1.CCCCOc1cc(OCCCN)cc(-c2cc(C)cc(-c3cc(C)cc(-c4cc(OCCCN)cc(OCCCN)c4)c3)c2)c1.CCCCOc1cc(OCCCN)cc(-c2cc(F)cc(-c3cc(F)cc(-c4cc(OCCCN)cc(OCCCN)c4)c3)c2)c1. The van der Waals surface area contributed by atoms with Crippen molar-refractivity contribution in [2.24, 2.45) is 51.6 Å². The summed E-state index contributed by atoms with van der Waals surface area (Å²) in [6.07, 6.45) is 12.4. The maximum Gasteiger partial charge on any atom is 0.134 e. The van der Waals surface area contributed by atoms with Crippen LogP contribution in [0.25, 0.3) is 100 Å². The number of rotatable bonds is 57. The van der Waals surface area contributed by atoms with Crippen molar-refractivity contribution < 1.29 is 74.4 Å². The van der Waals surface area contributed by atoms with E-state index in [1.165, 1.54) is 29.8 Å². The Kier molecular flexibility index (Phi) is 46.4. The molecule has 12 aromatic rings. The van der Waals surface area contributed by atoms with Gasteiger partial charge in [0, 0.05) is 47.5 Å². The molecule has 140 heavy (non-hydrogen) atoms. The number of hydrogen-bond acceptors (Lipinski definition) is 21. The Morgan fingerprint density at radius 2 is 0.314 bits per heavy atom. The van der Waals surface area contributed by atoms with Gasteiger partial charge >= 0.3 is 0 Å². The summed E-state index contributed by atoms with van der Waals surface area (Å²) in [6.45, 7) is 24.9. The lowest BCUT2D eigenvalue weighted by atomic mass is 9.91. The lowest BCUT2D eigenvalue weighted by molar-refractivity contribution is 0.296. The van der Waals surface area contributed by atoms with Gasteiger partial charge in [-0.1, -0.05) is 64.3 Å². The summed E-state index contributed by atoms with van der Waals surface area (Å²) in [7, 11) is 0. The first kappa shape index (κ1) is 110. The number of benzene rings is 12. The highest BCUT2D eigenvalue weighted by Gasteiger charge is 2.23. The molecular formula is C115H145F4N9O12. The first-order valence-electron chi connectivity index (χ1n) is 49.3. The molecule has 21 nitrogen and oxygen atoms in total. The molecular weight excluding hydrogens is 1780 g/mol. The molecule has 0 atom stereocenters. The van der Waals surface area contributed by atoms with Gasteiger partial charge in [-0.2, -0.15) is 0 Å². The molecule has 750 valence electrons. The first-order chi connectivity index (χ1) is 68.1. The van der Waals surface area contributed by atoms with Gasteiger partial charge in [0.1, 0.15) is 92.3 Å². The average Bonchev–Trinajstić information content (AvgIpc) is 0.769. The molecule has 0 aliphatic heterocycles. The molecule has 12 rings (SSSR count). The van der Waals surface area contributed by atoms with E-state index < -0.39 is 23.3 Å². The normalized spacial score (nSPS) is 11.0. The van der Waals surface area contributed by atoms with E-state index in [1.807, 2.05) is 91.0 Å². The van der Waals surface area contributed by atoms with Gasteiger partial charge in [0.25, 0.3) is 0 Å². The third-order valence-electron chi connectivity index (χ3n) is 22.6. The molecule has 18 N–H and O–H groups in total. The van der Waals surface area contributed by atoms with Crippen LogP contribution < -0.4 is 108 Å². The first-order valence-corrected chi connectivity index (χ1v) is 49.3. The van der Waals surface area contributed by atoms with Crippen molar-refractivity contribution in [2.75, 3.05) is 138 Å². The second kappa shape index (κ2) is 59.2. The van der Waals surface area contributed by atoms with Gasteiger partial charge in [-0.05, 0) is 421 Å². The van der Waals surface area contributed by atoms with Crippen molar-refractivity contribution in [3.63, 3.8) is 0 Å². The quantitative estimate of drug-likeness (QED) is 0.0126. The maximum atomic E-state index is 16.0. The van der Waals surface area contributed by atoms with Crippen LogP contribution >= 0.6 is 0 Å². The van der Waals surface area contributed by atoms with Gasteiger partial charge in [0.15, 0.2) is 0 Å². The highest BCUT2D eigenvalue weighted by Crippen LogP contribution is 2.44. The monoisotopic (exact) mass is 1920 g/mol. The summed E-state index contributed by atoms with van der Waals surface area (Å²) >= 11 is 0. The molecule has 0 aromatic heterocycles. The highest BCUT2D eigenvalue weighted by molar-refractivity contribution is 5.84. The van der Waals surface area contributed by atoms with Crippen LogP contribution in [0.3, 0.4) is 0 Å². The van der Waals surface area contributed by atoms with E-state index in [1.54, 1.807) is 44.2 Å². The minimum absolute atomic E-state index is 0.155. The summed E-state index contributed by atoms with van der Waals surface area (Å²) in [5.74, 6) is 6.10. The zero-order valence-corrected chi connectivity index (χ0v) is 82.7. The zero-order valence-electron chi connectivity index (χ0n) is 82.7. The molecule has 12 aromatic carbocycles. The Bertz CT molecular complexity index is 5100. The number of nitrogens with two attached hydrogens (primary N) is 9. The number of hydrogen-bond donors (Lipinski definition) is 9. The van der Waals surface area contributed by atoms with E-state index in [0.29, 0.717) is 273 Å². The van der Waals surface area contributed by atoms with Crippen molar-refractivity contribution in [3.05, 3.63) is 252 Å². The number of unbranched alkanes of at least 4 members (excludes halogenated alkanes) is 3. The Morgan fingerprint density at radius 3 is 0.471 bits per heavy atom. The van der Waals surface area contributed by atoms with Crippen LogP contribution in [-0.2, 0) is 0 Å². The zero-order chi connectivity index (χ0) is 99.9. The largest absolute Gasteiger partial charge is 0.493 e.